The molecule has 0 spiro atoms. The van der Waals surface area contributed by atoms with Crippen LogP contribution in [0.5, 0.6) is 0 Å². The average Bonchev–Trinajstić information content (AvgIpc) is 3.01. The molecule has 4 rings (SSSR count). The Hall–Kier alpha value is -2.33. The third-order valence-electron chi connectivity index (χ3n) is 4.78. The lowest BCUT2D eigenvalue weighted by atomic mass is 10.0. The average molecular weight is 348 g/mol. The van der Waals surface area contributed by atoms with Crippen LogP contribution in [0.1, 0.15) is 20.3 Å². The van der Waals surface area contributed by atoms with Crippen LogP contribution in [0.15, 0.2) is 59.6 Å². The Morgan fingerprint density at radius 3 is 2.28 bits per heavy atom. The SMILES string of the molecule is CCC(C)N1C(=O)CSC1=Nc1c2ccccc2cc2ccccc12. The van der Waals surface area contributed by atoms with Crippen LogP contribution in [0.4, 0.5) is 5.69 Å². The molecule has 0 saturated carbocycles. The van der Waals surface area contributed by atoms with Crippen molar-refractivity contribution in [2.75, 3.05) is 5.75 Å². The Kier molecular flexibility index (Phi) is 4.22. The van der Waals surface area contributed by atoms with E-state index in [0.29, 0.717) is 5.75 Å². The summed E-state index contributed by atoms with van der Waals surface area (Å²) in [6, 6.07) is 19.0. The second kappa shape index (κ2) is 6.52. The molecule has 1 saturated heterocycles. The lowest BCUT2D eigenvalue weighted by molar-refractivity contribution is -0.125. The van der Waals surface area contributed by atoms with Gasteiger partial charge in [-0.25, -0.2) is 4.99 Å². The maximum atomic E-state index is 12.3. The number of carbonyl (C=O) groups is 1. The van der Waals surface area contributed by atoms with Gasteiger partial charge in [-0.2, -0.15) is 0 Å². The number of fused-ring (bicyclic) bond motifs is 2. The number of hydrogen-bond donors (Lipinski definition) is 0. The Morgan fingerprint density at radius 2 is 1.68 bits per heavy atom. The van der Waals surface area contributed by atoms with E-state index < -0.39 is 0 Å². The zero-order chi connectivity index (χ0) is 17.4. The molecule has 0 aromatic heterocycles. The predicted octanol–water partition coefficient (Wildman–Crippen LogP) is 5.35. The molecule has 1 aliphatic rings. The van der Waals surface area contributed by atoms with Crippen LogP contribution >= 0.6 is 11.8 Å². The molecule has 1 amide bonds. The summed E-state index contributed by atoms with van der Waals surface area (Å²) in [5, 5.41) is 5.41. The van der Waals surface area contributed by atoms with Gasteiger partial charge in [0.15, 0.2) is 5.17 Å². The summed E-state index contributed by atoms with van der Waals surface area (Å²) in [5.41, 5.74) is 0.958. The van der Waals surface area contributed by atoms with Crippen molar-refractivity contribution in [1.29, 1.82) is 0 Å². The highest BCUT2D eigenvalue weighted by Crippen LogP contribution is 2.37. The van der Waals surface area contributed by atoms with Crippen molar-refractivity contribution in [2.45, 2.75) is 26.3 Å². The van der Waals surface area contributed by atoms with Crippen molar-refractivity contribution >= 4 is 50.1 Å². The van der Waals surface area contributed by atoms with Crippen LogP contribution in [-0.4, -0.2) is 27.8 Å². The zero-order valence-electron chi connectivity index (χ0n) is 14.4. The topological polar surface area (TPSA) is 32.7 Å². The first-order valence-corrected chi connectivity index (χ1v) is 9.61. The van der Waals surface area contributed by atoms with E-state index in [4.69, 9.17) is 4.99 Å². The number of thioether (sulfide) groups is 1. The summed E-state index contributed by atoms with van der Waals surface area (Å²) in [4.78, 5) is 19.2. The van der Waals surface area contributed by atoms with Crippen LogP contribution in [0.2, 0.25) is 0 Å². The van der Waals surface area contributed by atoms with Gasteiger partial charge in [0.2, 0.25) is 5.91 Å². The van der Waals surface area contributed by atoms with Crippen LogP contribution in [0.3, 0.4) is 0 Å². The molecule has 1 atom stereocenters. The lowest BCUT2D eigenvalue weighted by Gasteiger charge is -2.23. The molecule has 126 valence electrons. The molecule has 3 aromatic carbocycles. The molecule has 1 heterocycles. The summed E-state index contributed by atoms with van der Waals surface area (Å²) < 4.78 is 0. The maximum absolute atomic E-state index is 12.3. The molecule has 0 bridgehead atoms. The van der Waals surface area contributed by atoms with Crippen molar-refractivity contribution < 1.29 is 4.79 Å². The number of carbonyl (C=O) groups excluding carboxylic acids is 1. The molecule has 0 aliphatic carbocycles. The van der Waals surface area contributed by atoms with Crippen molar-refractivity contribution in [3.8, 4) is 0 Å². The van der Waals surface area contributed by atoms with Crippen LogP contribution in [-0.2, 0) is 4.79 Å². The van der Waals surface area contributed by atoms with Crippen molar-refractivity contribution in [3.63, 3.8) is 0 Å². The standard InChI is InChI=1S/C21H20N2OS/c1-3-14(2)23-19(24)13-25-21(23)22-20-17-10-6-4-8-15(17)12-16-9-5-7-11-18(16)20/h4-12,14H,3,13H2,1-2H3. The number of aliphatic imine (C=N–C) groups is 1. The van der Waals surface area contributed by atoms with Gasteiger partial charge in [0.1, 0.15) is 0 Å². The zero-order valence-corrected chi connectivity index (χ0v) is 15.2. The predicted molar refractivity (Wildman–Crippen MR) is 108 cm³/mol. The number of rotatable bonds is 3. The molecular formula is C21H20N2OS. The molecule has 4 heteroatoms. The molecule has 3 aromatic rings. The second-order valence-electron chi connectivity index (χ2n) is 6.37. The highest BCUT2D eigenvalue weighted by atomic mass is 32.2. The van der Waals surface area contributed by atoms with Crippen molar-refractivity contribution in [1.82, 2.24) is 4.90 Å². The highest BCUT2D eigenvalue weighted by molar-refractivity contribution is 8.15. The minimum absolute atomic E-state index is 0.155. The Labute approximate surface area is 151 Å². The van der Waals surface area contributed by atoms with Gasteiger partial charge in [0.05, 0.1) is 11.4 Å². The fourth-order valence-electron chi connectivity index (χ4n) is 3.28. The van der Waals surface area contributed by atoms with Gasteiger partial charge < -0.3 is 0 Å². The molecule has 25 heavy (non-hydrogen) atoms. The van der Waals surface area contributed by atoms with Crippen molar-refractivity contribution in [3.05, 3.63) is 54.6 Å². The smallest absolute Gasteiger partial charge is 0.239 e. The van der Waals surface area contributed by atoms with Gasteiger partial charge in [0, 0.05) is 16.8 Å². The minimum Gasteiger partial charge on any atom is -0.288 e. The van der Waals surface area contributed by atoms with E-state index in [-0.39, 0.29) is 11.9 Å². The van der Waals surface area contributed by atoms with Gasteiger partial charge in [0.25, 0.3) is 0 Å². The molecule has 1 fully saturated rings. The van der Waals surface area contributed by atoms with Gasteiger partial charge in [-0.1, -0.05) is 67.2 Å². The van der Waals surface area contributed by atoms with E-state index in [1.807, 2.05) is 29.2 Å². The number of amidine groups is 1. The van der Waals surface area contributed by atoms with Crippen LogP contribution in [0, 0.1) is 0 Å². The Bertz CT molecular complexity index is 942. The van der Waals surface area contributed by atoms with Gasteiger partial charge in [-0.15, -0.1) is 0 Å². The van der Waals surface area contributed by atoms with Crippen molar-refractivity contribution in [2.24, 2.45) is 4.99 Å². The molecule has 3 nitrogen and oxygen atoms in total. The number of nitrogens with zero attached hydrogens (tertiary/aromatic N) is 2. The maximum Gasteiger partial charge on any atom is 0.239 e. The number of hydrogen-bond acceptors (Lipinski definition) is 3. The van der Waals surface area contributed by atoms with Gasteiger partial charge in [-0.05, 0) is 30.2 Å². The van der Waals surface area contributed by atoms with E-state index in [0.717, 1.165) is 28.0 Å². The summed E-state index contributed by atoms with van der Waals surface area (Å²) in [6.07, 6.45) is 0.918. The minimum atomic E-state index is 0.155. The lowest BCUT2D eigenvalue weighted by Crippen LogP contribution is -2.37. The second-order valence-corrected chi connectivity index (χ2v) is 7.31. The molecular weight excluding hydrogens is 328 g/mol. The number of benzene rings is 3. The summed E-state index contributed by atoms with van der Waals surface area (Å²) in [7, 11) is 0. The molecule has 1 aliphatic heterocycles. The number of amides is 1. The summed E-state index contributed by atoms with van der Waals surface area (Å²) in [6.45, 7) is 4.19. The normalized spacial score (nSPS) is 17.8. The van der Waals surface area contributed by atoms with E-state index >= 15 is 0 Å². The first-order chi connectivity index (χ1) is 12.2. The van der Waals surface area contributed by atoms with E-state index in [1.54, 1.807) is 11.8 Å². The van der Waals surface area contributed by atoms with Gasteiger partial charge in [-0.3, -0.25) is 9.69 Å². The van der Waals surface area contributed by atoms with Crippen LogP contribution < -0.4 is 0 Å². The van der Waals surface area contributed by atoms with E-state index in [9.17, 15) is 4.79 Å². The third-order valence-corrected chi connectivity index (χ3v) is 5.72. The van der Waals surface area contributed by atoms with Crippen LogP contribution in [0.25, 0.3) is 21.5 Å². The van der Waals surface area contributed by atoms with E-state index in [2.05, 4.69) is 44.2 Å². The molecule has 0 radical (unpaired) electrons. The Balaban J connectivity index is 1.97. The van der Waals surface area contributed by atoms with E-state index in [1.165, 1.54) is 10.8 Å². The quantitative estimate of drug-likeness (QED) is 0.597. The fourth-order valence-corrected chi connectivity index (χ4v) is 4.25. The third kappa shape index (κ3) is 2.81. The first-order valence-electron chi connectivity index (χ1n) is 8.63. The fraction of sp³-hybridized carbons (Fsp3) is 0.238. The molecule has 0 N–H and O–H groups in total. The first kappa shape index (κ1) is 16.2. The summed E-state index contributed by atoms with van der Waals surface area (Å²) >= 11 is 1.54. The molecule has 1 unspecified atom stereocenters. The Morgan fingerprint density at radius 1 is 1.08 bits per heavy atom. The largest absolute Gasteiger partial charge is 0.288 e. The monoisotopic (exact) mass is 348 g/mol. The highest BCUT2D eigenvalue weighted by Gasteiger charge is 2.31. The van der Waals surface area contributed by atoms with Gasteiger partial charge >= 0.3 is 0 Å². The summed E-state index contributed by atoms with van der Waals surface area (Å²) in [5.74, 6) is 0.633.